The fourth-order valence-electron chi connectivity index (χ4n) is 3.47. The van der Waals surface area contributed by atoms with E-state index in [4.69, 9.17) is 4.42 Å². The minimum absolute atomic E-state index is 0.0470. The van der Waals surface area contributed by atoms with Crippen molar-refractivity contribution in [1.29, 1.82) is 0 Å². The van der Waals surface area contributed by atoms with Crippen LogP contribution >= 0.6 is 23.1 Å². The van der Waals surface area contributed by atoms with Gasteiger partial charge in [0.2, 0.25) is 5.89 Å². The lowest BCUT2D eigenvalue weighted by molar-refractivity contribution is 0.465. The summed E-state index contributed by atoms with van der Waals surface area (Å²) in [6, 6.07) is 3.68. The number of nitrogens with one attached hydrogen (secondary N) is 1. The average molecular weight is 412 g/mol. The lowest BCUT2D eigenvalue weighted by Gasteiger charge is -2.17. The largest absolute Gasteiger partial charge is 0.411 e. The van der Waals surface area contributed by atoms with Gasteiger partial charge in [0, 0.05) is 17.3 Å². The second kappa shape index (κ2) is 7.14. The number of nitrogens with zero attached hydrogens (tertiary/aromatic N) is 4. The maximum absolute atomic E-state index is 12.7. The Morgan fingerprint density at radius 3 is 3.18 bits per heavy atom. The Hall–Kier alpha value is -2.52. The van der Waals surface area contributed by atoms with E-state index >= 15 is 0 Å². The van der Waals surface area contributed by atoms with Crippen LogP contribution in [0.2, 0.25) is 0 Å². The quantitative estimate of drug-likeness (QED) is 0.509. The van der Waals surface area contributed by atoms with Crippen LogP contribution in [0.4, 0.5) is 0 Å². The van der Waals surface area contributed by atoms with E-state index in [1.54, 1.807) is 23.7 Å². The number of aromatic nitrogens is 5. The van der Waals surface area contributed by atoms with Crippen LogP contribution in [0.3, 0.4) is 0 Å². The van der Waals surface area contributed by atoms with Crippen LogP contribution in [0.15, 0.2) is 39.0 Å². The fraction of sp³-hybridized carbons (Fsp3) is 0.316. The second-order valence-corrected chi connectivity index (χ2v) is 8.96. The Balaban J connectivity index is 1.38. The highest BCUT2D eigenvalue weighted by Crippen LogP contribution is 2.36. The molecule has 28 heavy (non-hydrogen) atoms. The van der Waals surface area contributed by atoms with Crippen molar-refractivity contribution in [3.63, 3.8) is 0 Å². The molecular formula is C19H17N5O2S2. The molecule has 0 saturated heterocycles. The summed E-state index contributed by atoms with van der Waals surface area (Å²) in [5.74, 6) is 2.17. The number of H-pyrrole nitrogens is 1. The van der Waals surface area contributed by atoms with E-state index < -0.39 is 0 Å². The first kappa shape index (κ1) is 17.6. The highest BCUT2D eigenvalue weighted by Gasteiger charge is 2.23. The smallest absolute Gasteiger partial charge is 0.277 e. The van der Waals surface area contributed by atoms with Crippen molar-refractivity contribution in [3.8, 4) is 11.5 Å². The van der Waals surface area contributed by atoms with E-state index in [1.165, 1.54) is 22.2 Å². The standard InChI is InChI=1S/C19H17N5O2S2/c1-10-4-5-12-13(7-10)28-18-15(12)16(25)21-14(22-18)9-27-19-24-23-17(26-19)11-3-2-6-20-8-11/h2-3,6,8,10H,4-5,7,9H2,1H3,(H,21,22,25)/t10-/m1/s1. The number of aryl methyl sites for hydroxylation is 1. The molecule has 0 bridgehead atoms. The van der Waals surface area contributed by atoms with Crippen LogP contribution in [0.25, 0.3) is 21.7 Å². The molecule has 1 atom stereocenters. The molecule has 0 spiro atoms. The summed E-state index contributed by atoms with van der Waals surface area (Å²) < 4.78 is 5.67. The normalized spacial score (nSPS) is 16.4. The van der Waals surface area contributed by atoms with Crippen molar-refractivity contribution in [2.24, 2.45) is 5.92 Å². The van der Waals surface area contributed by atoms with Crippen LogP contribution < -0.4 is 5.56 Å². The molecular weight excluding hydrogens is 394 g/mol. The van der Waals surface area contributed by atoms with Gasteiger partial charge in [-0.3, -0.25) is 9.78 Å². The molecule has 4 heterocycles. The monoisotopic (exact) mass is 411 g/mol. The molecule has 1 aliphatic carbocycles. The molecule has 1 aliphatic rings. The number of thioether (sulfide) groups is 1. The molecule has 9 heteroatoms. The molecule has 5 rings (SSSR count). The molecule has 0 amide bonds. The Labute approximate surface area is 168 Å². The van der Waals surface area contributed by atoms with Crippen molar-refractivity contribution < 1.29 is 4.42 Å². The Bertz CT molecular complexity index is 1200. The summed E-state index contributed by atoms with van der Waals surface area (Å²) in [7, 11) is 0. The van der Waals surface area contributed by atoms with Gasteiger partial charge in [0.05, 0.1) is 16.7 Å². The van der Waals surface area contributed by atoms with Gasteiger partial charge in [-0.15, -0.1) is 21.5 Å². The van der Waals surface area contributed by atoms with Gasteiger partial charge in [-0.05, 0) is 42.9 Å². The Kier molecular flexibility index (Phi) is 4.48. The molecule has 4 aromatic heterocycles. The van der Waals surface area contributed by atoms with E-state index in [0.717, 1.165) is 35.0 Å². The summed E-state index contributed by atoms with van der Waals surface area (Å²) in [5.41, 5.74) is 1.92. The summed E-state index contributed by atoms with van der Waals surface area (Å²) in [5, 5.41) is 9.31. The third kappa shape index (κ3) is 3.24. The van der Waals surface area contributed by atoms with E-state index in [9.17, 15) is 4.79 Å². The molecule has 7 nitrogen and oxygen atoms in total. The highest BCUT2D eigenvalue weighted by molar-refractivity contribution is 7.98. The zero-order valence-corrected chi connectivity index (χ0v) is 16.8. The molecule has 0 aliphatic heterocycles. The summed E-state index contributed by atoms with van der Waals surface area (Å²) in [4.78, 5) is 26.5. The summed E-state index contributed by atoms with van der Waals surface area (Å²) >= 11 is 3.01. The number of pyridine rings is 1. The second-order valence-electron chi connectivity index (χ2n) is 6.95. The first-order valence-electron chi connectivity index (χ1n) is 9.07. The van der Waals surface area contributed by atoms with Gasteiger partial charge < -0.3 is 9.40 Å². The maximum Gasteiger partial charge on any atom is 0.277 e. The van der Waals surface area contributed by atoms with Gasteiger partial charge in [0.25, 0.3) is 10.8 Å². The van der Waals surface area contributed by atoms with E-state index in [0.29, 0.717) is 28.6 Å². The fourth-order valence-corrected chi connectivity index (χ4v) is 5.50. The minimum Gasteiger partial charge on any atom is -0.411 e. The number of rotatable bonds is 4. The SMILES string of the molecule is C[C@@H]1CCc2c(sc3nc(CSc4nnc(-c5cccnc5)o4)[nH]c(=O)c23)C1. The molecule has 0 unspecified atom stereocenters. The van der Waals surface area contributed by atoms with Gasteiger partial charge in [0.1, 0.15) is 10.7 Å². The van der Waals surface area contributed by atoms with Crippen molar-refractivity contribution in [2.45, 2.75) is 37.2 Å². The number of hydrogen-bond donors (Lipinski definition) is 1. The van der Waals surface area contributed by atoms with Crippen LogP contribution in [0.1, 0.15) is 29.6 Å². The third-order valence-electron chi connectivity index (χ3n) is 4.86. The van der Waals surface area contributed by atoms with Gasteiger partial charge in [0.15, 0.2) is 0 Å². The molecule has 0 radical (unpaired) electrons. The number of thiophene rings is 1. The minimum atomic E-state index is -0.0470. The van der Waals surface area contributed by atoms with Gasteiger partial charge in [-0.25, -0.2) is 4.98 Å². The van der Waals surface area contributed by atoms with Crippen LogP contribution in [0.5, 0.6) is 0 Å². The van der Waals surface area contributed by atoms with Crippen molar-refractivity contribution in [1.82, 2.24) is 25.1 Å². The molecule has 4 aromatic rings. The predicted molar refractivity (Wildman–Crippen MR) is 109 cm³/mol. The average Bonchev–Trinajstić information content (AvgIpc) is 3.31. The first-order valence-corrected chi connectivity index (χ1v) is 10.9. The lowest BCUT2D eigenvalue weighted by atomic mass is 9.89. The van der Waals surface area contributed by atoms with E-state index in [1.807, 2.05) is 12.1 Å². The van der Waals surface area contributed by atoms with Gasteiger partial charge >= 0.3 is 0 Å². The zero-order chi connectivity index (χ0) is 19.1. The van der Waals surface area contributed by atoms with Crippen LogP contribution in [-0.2, 0) is 18.6 Å². The van der Waals surface area contributed by atoms with Crippen molar-refractivity contribution in [2.75, 3.05) is 0 Å². The summed E-state index contributed by atoms with van der Waals surface area (Å²) in [6.45, 7) is 2.26. The molecule has 0 saturated carbocycles. The molecule has 0 aromatic carbocycles. The third-order valence-corrected chi connectivity index (χ3v) is 6.84. The summed E-state index contributed by atoms with van der Waals surface area (Å²) in [6.07, 6.45) is 6.50. The van der Waals surface area contributed by atoms with E-state index in [2.05, 4.69) is 32.1 Å². The molecule has 0 fully saturated rings. The maximum atomic E-state index is 12.7. The lowest BCUT2D eigenvalue weighted by Crippen LogP contribution is -2.14. The topological polar surface area (TPSA) is 97.6 Å². The Morgan fingerprint density at radius 1 is 1.39 bits per heavy atom. The molecule has 142 valence electrons. The van der Waals surface area contributed by atoms with Gasteiger partial charge in [-0.2, -0.15) is 0 Å². The van der Waals surface area contributed by atoms with E-state index in [-0.39, 0.29) is 5.56 Å². The van der Waals surface area contributed by atoms with Gasteiger partial charge in [-0.1, -0.05) is 18.7 Å². The highest BCUT2D eigenvalue weighted by atomic mass is 32.2. The first-order chi connectivity index (χ1) is 13.7. The number of fused-ring (bicyclic) bond motifs is 3. The zero-order valence-electron chi connectivity index (χ0n) is 15.1. The molecule has 1 N–H and O–H groups in total. The van der Waals surface area contributed by atoms with Crippen molar-refractivity contribution in [3.05, 3.63) is 51.1 Å². The number of aromatic amines is 1. The van der Waals surface area contributed by atoms with Crippen LogP contribution in [0, 0.1) is 5.92 Å². The van der Waals surface area contributed by atoms with Crippen molar-refractivity contribution >= 4 is 33.3 Å². The number of hydrogen-bond acceptors (Lipinski definition) is 8. The van der Waals surface area contributed by atoms with Crippen LogP contribution in [-0.4, -0.2) is 25.1 Å². The predicted octanol–water partition coefficient (Wildman–Crippen LogP) is 3.85. The Morgan fingerprint density at radius 2 is 2.32 bits per heavy atom.